The maximum absolute atomic E-state index is 3.62. The highest BCUT2D eigenvalue weighted by Gasteiger charge is 2.16. The largest absolute Gasteiger partial charge is 0.389 e. The van der Waals surface area contributed by atoms with E-state index in [1.165, 1.54) is 49.8 Å². The van der Waals surface area contributed by atoms with Crippen molar-refractivity contribution in [2.45, 2.75) is 51.4 Å². The van der Waals surface area contributed by atoms with Gasteiger partial charge in [0.15, 0.2) is 0 Å². The first kappa shape index (κ1) is 13.2. The van der Waals surface area contributed by atoms with E-state index in [4.69, 9.17) is 0 Å². The van der Waals surface area contributed by atoms with Crippen LogP contribution in [0.15, 0.2) is 42.1 Å². The van der Waals surface area contributed by atoms with Crippen molar-refractivity contribution in [2.75, 3.05) is 6.54 Å². The van der Waals surface area contributed by atoms with Crippen molar-refractivity contribution in [2.24, 2.45) is 0 Å². The zero-order chi connectivity index (χ0) is 12.6. The van der Waals surface area contributed by atoms with Crippen LogP contribution in [0.4, 0.5) is 0 Å². The van der Waals surface area contributed by atoms with E-state index in [-0.39, 0.29) is 0 Å². The zero-order valence-electron chi connectivity index (χ0n) is 11.5. The molecule has 0 radical (unpaired) electrons. The molecule has 0 saturated heterocycles. The predicted molar refractivity (Wildman–Crippen MR) is 78.6 cm³/mol. The number of allylic oxidation sites excluding steroid dienone is 2. The predicted octanol–water partition coefficient (Wildman–Crippen LogP) is 4.62. The molecule has 1 unspecified atom stereocenters. The highest BCUT2D eigenvalue weighted by atomic mass is 14.9. The Kier molecular flexibility index (Phi) is 5.32. The van der Waals surface area contributed by atoms with Crippen LogP contribution < -0.4 is 5.32 Å². The summed E-state index contributed by atoms with van der Waals surface area (Å²) in [5.74, 6) is 0.713. The molecule has 0 bridgehead atoms. The molecule has 0 fully saturated rings. The van der Waals surface area contributed by atoms with Gasteiger partial charge < -0.3 is 5.32 Å². The lowest BCUT2D eigenvalue weighted by Crippen LogP contribution is -2.19. The number of rotatable bonds is 6. The molecule has 1 aliphatic rings. The van der Waals surface area contributed by atoms with E-state index in [0.29, 0.717) is 5.92 Å². The van der Waals surface area contributed by atoms with Crippen LogP contribution in [0.2, 0.25) is 0 Å². The summed E-state index contributed by atoms with van der Waals surface area (Å²) < 4.78 is 0. The summed E-state index contributed by atoms with van der Waals surface area (Å²) in [6.45, 7) is 3.40. The summed E-state index contributed by atoms with van der Waals surface area (Å²) in [7, 11) is 0. The minimum atomic E-state index is 0.713. The van der Waals surface area contributed by atoms with Crippen LogP contribution in [0.3, 0.4) is 0 Å². The Morgan fingerprint density at radius 1 is 1.17 bits per heavy atom. The zero-order valence-corrected chi connectivity index (χ0v) is 11.5. The number of benzene rings is 1. The Balaban J connectivity index is 1.82. The van der Waals surface area contributed by atoms with Gasteiger partial charge in [0.25, 0.3) is 0 Å². The maximum atomic E-state index is 3.62. The fourth-order valence-corrected chi connectivity index (χ4v) is 2.69. The first-order chi connectivity index (χ1) is 8.90. The molecule has 0 aromatic heterocycles. The molecule has 1 aromatic rings. The molecule has 1 nitrogen and oxygen atoms in total. The Morgan fingerprint density at radius 2 is 2.00 bits per heavy atom. The van der Waals surface area contributed by atoms with Gasteiger partial charge in [0.05, 0.1) is 0 Å². The summed E-state index contributed by atoms with van der Waals surface area (Å²) in [6, 6.07) is 10.9. The van der Waals surface area contributed by atoms with Gasteiger partial charge in [-0.25, -0.2) is 0 Å². The van der Waals surface area contributed by atoms with Gasteiger partial charge in [-0.2, -0.15) is 0 Å². The molecule has 0 heterocycles. The Hall–Kier alpha value is -1.24. The average Bonchev–Trinajstić information content (AvgIpc) is 2.45. The summed E-state index contributed by atoms with van der Waals surface area (Å²) in [5, 5.41) is 3.62. The molecule has 0 amide bonds. The van der Waals surface area contributed by atoms with E-state index in [2.05, 4.69) is 48.6 Å². The number of unbranched alkanes of at least 4 members (excludes halogenated alkanes) is 2. The van der Waals surface area contributed by atoms with Gasteiger partial charge in [-0.3, -0.25) is 0 Å². The smallest absolute Gasteiger partial charge is 0.0143 e. The molecular formula is C17H25N. The fourth-order valence-electron chi connectivity index (χ4n) is 2.69. The van der Waals surface area contributed by atoms with Gasteiger partial charge in [-0.05, 0) is 37.2 Å². The highest BCUT2D eigenvalue weighted by molar-refractivity contribution is 5.23. The summed E-state index contributed by atoms with van der Waals surface area (Å²) >= 11 is 0. The number of hydrogen-bond acceptors (Lipinski definition) is 1. The quantitative estimate of drug-likeness (QED) is 0.719. The summed E-state index contributed by atoms with van der Waals surface area (Å²) in [6.07, 6.45) is 10.0. The standard InChI is InChI=1S/C17H25N/c1-2-3-7-13-18-17-12-8-11-16(14-17)15-9-5-4-6-10-15/h4-6,9-10,12,16,18H,2-3,7-8,11,13-14H2,1H3. The van der Waals surface area contributed by atoms with Crippen LogP contribution >= 0.6 is 0 Å². The van der Waals surface area contributed by atoms with E-state index >= 15 is 0 Å². The molecule has 18 heavy (non-hydrogen) atoms. The van der Waals surface area contributed by atoms with Crippen LogP contribution in [-0.4, -0.2) is 6.54 Å². The third kappa shape index (κ3) is 3.90. The van der Waals surface area contributed by atoms with E-state index in [1.54, 1.807) is 0 Å². The lowest BCUT2D eigenvalue weighted by atomic mass is 9.86. The van der Waals surface area contributed by atoms with E-state index < -0.39 is 0 Å². The molecule has 1 heteroatoms. The molecular weight excluding hydrogens is 218 g/mol. The van der Waals surface area contributed by atoms with Crippen molar-refractivity contribution in [3.8, 4) is 0 Å². The summed E-state index contributed by atoms with van der Waals surface area (Å²) in [5.41, 5.74) is 2.96. The molecule has 1 aliphatic carbocycles. The van der Waals surface area contributed by atoms with Gasteiger partial charge in [0.2, 0.25) is 0 Å². The van der Waals surface area contributed by atoms with Crippen molar-refractivity contribution in [3.05, 3.63) is 47.7 Å². The van der Waals surface area contributed by atoms with Crippen LogP contribution in [0.5, 0.6) is 0 Å². The van der Waals surface area contributed by atoms with Crippen LogP contribution in [-0.2, 0) is 0 Å². The minimum Gasteiger partial charge on any atom is -0.389 e. The van der Waals surface area contributed by atoms with E-state index in [9.17, 15) is 0 Å². The third-order valence-electron chi connectivity index (χ3n) is 3.78. The van der Waals surface area contributed by atoms with Gasteiger partial charge in [0.1, 0.15) is 0 Å². The van der Waals surface area contributed by atoms with Crippen molar-refractivity contribution in [1.82, 2.24) is 5.32 Å². The lowest BCUT2D eigenvalue weighted by Gasteiger charge is -2.24. The first-order valence-electron chi connectivity index (χ1n) is 7.38. The molecule has 2 rings (SSSR count). The maximum Gasteiger partial charge on any atom is 0.0143 e. The Bertz CT molecular complexity index is 366. The van der Waals surface area contributed by atoms with E-state index in [0.717, 1.165) is 6.54 Å². The summed E-state index contributed by atoms with van der Waals surface area (Å²) in [4.78, 5) is 0. The fraction of sp³-hybridized carbons (Fsp3) is 0.529. The second-order valence-corrected chi connectivity index (χ2v) is 5.25. The second-order valence-electron chi connectivity index (χ2n) is 5.25. The molecule has 0 aliphatic heterocycles. The SMILES string of the molecule is CCCCCNC1=CCCC(c2ccccc2)C1. The molecule has 0 saturated carbocycles. The second kappa shape index (κ2) is 7.25. The van der Waals surface area contributed by atoms with Gasteiger partial charge in [-0.1, -0.05) is 56.2 Å². The highest BCUT2D eigenvalue weighted by Crippen LogP contribution is 2.31. The minimum absolute atomic E-state index is 0.713. The molecule has 1 atom stereocenters. The molecule has 1 N–H and O–H groups in total. The Morgan fingerprint density at radius 3 is 2.78 bits per heavy atom. The number of nitrogens with one attached hydrogen (secondary N) is 1. The van der Waals surface area contributed by atoms with Gasteiger partial charge >= 0.3 is 0 Å². The molecule has 0 spiro atoms. The van der Waals surface area contributed by atoms with Crippen molar-refractivity contribution < 1.29 is 0 Å². The van der Waals surface area contributed by atoms with Crippen molar-refractivity contribution in [1.29, 1.82) is 0 Å². The monoisotopic (exact) mass is 243 g/mol. The lowest BCUT2D eigenvalue weighted by molar-refractivity contribution is 0.552. The van der Waals surface area contributed by atoms with E-state index in [1.807, 2.05) is 0 Å². The average molecular weight is 243 g/mol. The van der Waals surface area contributed by atoms with Crippen LogP contribution in [0.1, 0.15) is 56.9 Å². The van der Waals surface area contributed by atoms with Gasteiger partial charge in [-0.15, -0.1) is 0 Å². The topological polar surface area (TPSA) is 12.0 Å². The Labute approximate surface area is 111 Å². The molecule has 98 valence electrons. The first-order valence-corrected chi connectivity index (χ1v) is 7.38. The van der Waals surface area contributed by atoms with Gasteiger partial charge in [0, 0.05) is 12.2 Å². The van der Waals surface area contributed by atoms with Crippen LogP contribution in [0.25, 0.3) is 0 Å². The van der Waals surface area contributed by atoms with Crippen molar-refractivity contribution >= 4 is 0 Å². The number of hydrogen-bond donors (Lipinski definition) is 1. The molecule has 1 aromatic carbocycles. The van der Waals surface area contributed by atoms with Crippen molar-refractivity contribution in [3.63, 3.8) is 0 Å². The third-order valence-corrected chi connectivity index (χ3v) is 3.78. The normalized spacial score (nSPS) is 19.4. The van der Waals surface area contributed by atoms with Crippen LogP contribution in [0, 0.1) is 0 Å².